The molecule has 3 unspecified atom stereocenters. The molecule has 0 rings (SSSR count). The second-order valence-corrected chi connectivity index (χ2v) is 10.8. The average molecular weight is 579 g/mol. The highest BCUT2D eigenvalue weighted by molar-refractivity contribution is 4.56. The van der Waals surface area contributed by atoms with Gasteiger partial charge in [0.2, 0.25) is 0 Å². The zero-order valence-electron chi connectivity index (χ0n) is 26.7. The van der Waals surface area contributed by atoms with Crippen molar-refractivity contribution in [3.8, 4) is 0 Å². The Labute approximate surface area is 247 Å². The Morgan fingerprint density at radius 2 is 0.800 bits per heavy atom. The maximum absolute atomic E-state index is 8.61. The van der Waals surface area contributed by atoms with Crippen LogP contribution in [0.15, 0.2) is 0 Å². The van der Waals surface area contributed by atoms with Gasteiger partial charge in [0.1, 0.15) is 0 Å². The molecule has 0 aliphatic rings. The molecule has 0 bridgehead atoms. The SMILES string of the molecule is CCCCCCCCCCCCCCCOCC(C)OCC(C)OCC(C)OCCOCCOCCOCCO. The van der Waals surface area contributed by atoms with Crippen molar-refractivity contribution in [2.75, 3.05) is 79.3 Å². The number of aliphatic hydroxyl groups excluding tert-OH is 1. The Morgan fingerprint density at radius 1 is 0.400 bits per heavy atom. The molecule has 8 heteroatoms. The van der Waals surface area contributed by atoms with Gasteiger partial charge in [0, 0.05) is 6.61 Å². The molecule has 8 nitrogen and oxygen atoms in total. The zero-order chi connectivity index (χ0) is 29.4. The van der Waals surface area contributed by atoms with Crippen LogP contribution in [0, 0.1) is 0 Å². The van der Waals surface area contributed by atoms with E-state index in [0.717, 1.165) is 13.0 Å². The minimum absolute atomic E-state index is 0.00399. The Hall–Kier alpha value is -0.320. The maximum Gasteiger partial charge on any atom is 0.0781 e. The molecule has 0 aliphatic heterocycles. The number of rotatable bonds is 34. The zero-order valence-corrected chi connectivity index (χ0v) is 26.7. The first-order chi connectivity index (χ1) is 19.6. The van der Waals surface area contributed by atoms with Gasteiger partial charge >= 0.3 is 0 Å². The van der Waals surface area contributed by atoms with Gasteiger partial charge in [-0.3, -0.25) is 0 Å². The summed E-state index contributed by atoms with van der Waals surface area (Å²) in [5.74, 6) is 0. The first-order valence-corrected chi connectivity index (χ1v) is 16.4. The van der Waals surface area contributed by atoms with Crippen LogP contribution in [-0.4, -0.2) is 103 Å². The fourth-order valence-electron chi connectivity index (χ4n) is 4.13. The van der Waals surface area contributed by atoms with E-state index in [0.29, 0.717) is 66.1 Å². The van der Waals surface area contributed by atoms with Crippen LogP contribution < -0.4 is 0 Å². The highest BCUT2D eigenvalue weighted by atomic mass is 16.6. The van der Waals surface area contributed by atoms with Crippen LogP contribution in [0.1, 0.15) is 111 Å². The third-order valence-corrected chi connectivity index (χ3v) is 6.59. The van der Waals surface area contributed by atoms with Crippen LogP contribution >= 0.6 is 0 Å². The molecule has 0 radical (unpaired) electrons. The molecule has 0 aromatic heterocycles. The predicted molar refractivity (Wildman–Crippen MR) is 162 cm³/mol. The summed E-state index contributed by atoms with van der Waals surface area (Å²) in [5, 5.41) is 8.61. The van der Waals surface area contributed by atoms with Gasteiger partial charge in [0.15, 0.2) is 0 Å². The summed E-state index contributed by atoms with van der Waals surface area (Å²) < 4.78 is 39.3. The van der Waals surface area contributed by atoms with E-state index in [1.165, 1.54) is 77.0 Å². The topological polar surface area (TPSA) is 84.8 Å². The van der Waals surface area contributed by atoms with Gasteiger partial charge < -0.3 is 38.3 Å². The summed E-state index contributed by atoms with van der Waals surface area (Å²) >= 11 is 0. The number of unbranched alkanes of at least 4 members (excludes halogenated alkanes) is 12. The van der Waals surface area contributed by atoms with Crippen LogP contribution in [0.25, 0.3) is 0 Å². The summed E-state index contributed by atoms with van der Waals surface area (Å²) in [7, 11) is 0. The molecule has 0 amide bonds. The Bertz CT molecular complexity index is 468. The molecule has 242 valence electrons. The van der Waals surface area contributed by atoms with Gasteiger partial charge in [-0.15, -0.1) is 0 Å². The van der Waals surface area contributed by atoms with Gasteiger partial charge in [-0.25, -0.2) is 0 Å². The molecular formula is C32H66O8. The minimum Gasteiger partial charge on any atom is -0.394 e. The summed E-state index contributed by atoms with van der Waals surface area (Å²) in [6, 6.07) is 0. The third kappa shape index (κ3) is 32.2. The largest absolute Gasteiger partial charge is 0.394 e. The molecule has 0 fully saturated rings. The fraction of sp³-hybridized carbons (Fsp3) is 1.00. The van der Waals surface area contributed by atoms with Gasteiger partial charge in [0.05, 0.1) is 91.0 Å². The predicted octanol–water partition coefficient (Wildman–Crippen LogP) is 6.35. The first kappa shape index (κ1) is 39.7. The van der Waals surface area contributed by atoms with Gasteiger partial charge in [-0.2, -0.15) is 0 Å². The van der Waals surface area contributed by atoms with Crippen molar-refractivity contribution in [3.63, 3.8) is 0 Å². The van der Waals surface area contributed by atoms with E-state index in [1.807, 2.05) is 13.8 Å². The van der Waals surface area contributed by atoms with Crippen molar-refractivity contribution >= 4 is 0 Å². The van der Waals surface area contributed by atoms with Gasteiger partial charge in [0.25, 0.3) is 0 Å². The van der Waals surface area contributed by atoms with Crippen molar-refractivity contribution in [1.82, 2.24) is 0 Å². The average Bonchev–Trinajstić information content (AvgIpc) is 2.95. The molecule has 0 aliphatic carbocycles. The van der Waals surface area contributed by atoms with Crippen molar-refractivity contribution in [3.05, 3.63) is 0 Å². The summed E-state index contributed by atoms with van der Waals surface area (Å²) in [6.07, 6.45) is 17.8. The second-order valence-electron chi connectivity index (χ2n) is 10.8. The van der Waals surface area contributed by atoms with E-state index in [4.69, 9.17) is 38.3 Å². The number of ether oxygens (including phenoxy) is 7. The van der Waals surface area contributed by atoms with Crippen LogP contribution in [-0.2, 0) is 33.2 Å². The highest BCUT2D eigenvalue weighted by Crippen LogP contribution is 2.12. The molecule has 3 atom stereocenters. The molecule has 0 heterocycles. The number of aliphatic hydroxyl groups is 1. The number of hydrogen-bond donors (Lipinski definition) is 1. The van der Waals surface area contributed by atoms with Gasteiger partial charge in [-0.05, 0) is 27.2 Å². The fourth-order valence-corrected chi connectivity index (χ4v) is 4.13. The van der Waals surface area contributed by atoms with Gasteiger partial charge in [-0.1, -0.05) is 84.0 Å². The molecule has 0 saturated carbocycles. The van der Waals surface area contributed by atoms with Crippen molar-refractivity contribution < 1.29 is 38.3 Å². The van der Waals surface area contributed by atoms with E-state index >= 15 is 0 Å². The Balaban J connectivity index is 3.37. The molecule has 0 spiro atoms. The van der Waals surface area contributed by atoms with Crippen LogP contribution in [0.4, 0.5) is 0 Å². The van der Waals surface area contributed by atoms with Crippen molar-refractivity contribution in [2.24, 2.45) is 0 Å². The maximum atomic E-state index is 8.61. The quantitative estimate of drug-likeness (QED) is 0.0884. The lowest BCUT2D eigenvalue weighted by Crippen LogP contribution is -2.27. The molecule has 0 aromatic carbocycles. The van der Waals surface area contributed by atoms with Crippen LogP contribution in [0.3, 0.4) is 0 Å². The van der Waals surface area contributed by atoms with E-state index in [1.54, 1.807) is 0 Å². The molecule has 0 aromatic rings. The van der Waals surface area contributed by atoms with E-state index in [9.17, 15) is 0 Å². The van der Waals surface area contributed by atoms with E-state index in [2.05, 4.69) is 13.8 Å². The molecular weight excluding hydrogens is 512 g/mol. The minimum atomic E-state index is -0.00736. The Morgan fingerprint density at radius 3 is 1.30 bits per heavy atom. The van der Waals surface area contributed by atoms with E-state index < -0.39 is 0 Å². The summed E-state index contributed by atoms with van der Waals surface area (Å²) in [6.45, 7) is 14.3. The van der Waals surface area contributed by atoms with Crippen LogP contribution in [0.5, 0.6) is 0 Å². The molecule has 1 N–H and O–H groups in total. The summed E-state index contributed by atoms with van der Waals surface area (Å²) in [4.78, 5) is 0. The highest BCUT2D eigenvalue weighted by Gasteiger charge is 2.10. The smallest absolute Gasteiger partial charge is 0.0781 e. The van der Waals surface area contributed by atoms with Crippen LogP contribution in [0.2, 0.25) is 0 Å². The van der Waals surface area contributed by atoms with Crippen molar-refractivity contribution in [1.29, 1.82) is 0 Å². The lowest BCUT2D eigenvalue weighted by Gasteiger charge is -2.20. The standard InChI is InChI=1S/C32H66O8/c1-5-6-7-8-9-10-11-12-13-14-15-16-17-19-37-27-30(2)39-29-32(4)40-28-31(3)38-26-25-36-24-23-35-22-21-34-20-18-33/h30-33H,5-29H2,1-4H3. The lowest BCUT2D eigenvalue weighted by atomic mass is 10.0. The molecule has 0 saturated heterocycles. The second kappa shape index (κ2) is 33.2. The third-order valence-electron chi connectivity index (χ3n) is 6.59. The van der Waals surface area contributed by atoms with E-state index in [-0.39, 0.29) is 24.9 Å². The number of hydrogen-bond acceptors (Lipinski definition) is 8. The normalized spacial score (nSPS) is 14.0. The Kier molecular flexibility index (Phi) is 32.9. The summed E-state index contributed by atoms with van der Waals surface area (Å²) in [5.41, 5.74) is 0. The molecule has 40 heavy (non-hydrogen) atoms. The lowest BCUT2D eigenvalue weighted by molar-refractivity contribution is -0.0853. The first-order valence-electron chi connectivity index (χ1n) is 16.4. The van der Waals surface area contributed by atoms with Crippen molar-refractivity contribution in [2.45, 2.75) is 129 Å². The monoisotopic (exact) mass is 578 g/mol.